The molecule has 0 bridgehead atoms. The van der Waals surface area contributed by atoms with Crippen LogP contribution in [-0.2, 0) is 0 Å². The van der Waals surface area contributed by atoms with E-state index < -0.39 is 30.2 Å². The average molecular weight is 369 g/mol. The molecule has 1 heterocycles. The van der Waals surface area contributed by atoms with Gasteiger partial charge in [-0.3, -0.25) is 9.78 Å². The van der Waals surface area contributed by atoms with Crippen LogP contribution < -0.4 is 15.4 Å². The van der Waals surface area contributed by atoms with Crippen molar-refractivity contribution in [1.29, 1.82) is 0 Å². The lowest BCUT2D eigenvalue weighted by molar-refractivity contribution is -0.0520. The van der Waals surface area contributed by atoms with Gasteiger partial charge in [0, 0.05) is 29.7 Å². The molecular weight excluding hydrogens is 355 g/mol. The molecule has 2 aromatic rings. The smallest absolute Gasteiger partial charge is 0.404 e. The van der Waals surface area contributed by atoms with Crippen molar-refractivity contribution < 1.29 is 32.6 Å². The average Bonchev–Trinajstić information content (AvgIpc) is 2.52. The first-order chi connectivity index (χ1) is 12.3. The fourth-order valence-corrected chi connectivity index (χ4v) is 2.74. The van der Waals surface area contributed by atoms with E-state index in [9.17, 15) is 22.8 Å². The zero-order valence-electron chi connectivity index (χ0n) is 13.2. The number of nitrogens with one attached hydrogen (secondary N) is 2. The highest BCUT2D eigenvalue weighted by Gasteiger charge is 2.31. The van der Waals surface area contributed by atoms with Crippen LogP contribution in [0.2, 0.25) is 0 Å². The number of fused-ring (bicyclic) bond motifs is 1. The molecule has 138 valence electrons. The first kappa shape index (κ1) is 17.8. The third-order valence-corrected chi connectivity index (χ3v) is 4.01. The predicted molar refractivity (Wildman–Crippen MR) is 83.8 cm³/mol. The Bertz CT molecular complexity index is 856. The van der Waals surface area contributed by atoms with E-state index in [1.54, 1.807) is 0 Å². The van der Waals surface area contributed by atoms with Crippen molar-refractivity contribution in [2.45, 2.75) is 31.5 Å². The lowest BCUT2D eigenvalue weighted by Crippen LogP contribution is -2.53. The summed E-state index contributed by atoms with van der Waals surface area (Å²) in [6.07, 6.45) is 1.08. The summed E-state index contributed by atoms with van der Waals surface area (Å²) in [6.45, 7) is -3.16. The minimum Gasteiger partial charge on any atom is -0.465 e. The van der Waals surface area contributed by atoms with Gasteiger partial charge in [0.2, 0.25) is 0 Å². The second-order valence-corrected chi connectivity index (χ2v) is 5.87. The molecule has 1 aromatic carbocycles. The molecule has 1 aromatic heterocycles. The maximum absolute atomic E-state index is 13.8. The number of carbonyl (C=O) groups excluding carboxylic acids is 1. The van der Waals surface area contributed by atoms with Crippen molar-refractivity contribution in [3.8, 4) is 5.75 Å². The van der Waals surface area contributed by atoms with E-state index in [2.05, 4.69) is 20.4 Å². The third kappa shape index (κ3) is 3.95. The molecular formula is C16H14F3N3O4. The van der Waals surface area contributed by atoms with E-state index in [4.69, 9.17) is 5.11 Å². The summed E-state index contributed by atoms with van der Waals surface area (Å²) >= 11 is 0. The number of halogens is 3. The maximum Gasteiger partial charge on any atom is 0.404 e. The Morgan fingerprint density at radius 2 is 1.88 bits per heavy atom. The van der Waals surface area contributed by atoms with Gasteiger partial charge in [-0.05, 0) is 25.0 Å². The fourth-order valence-electron chi connectivity index (χ4n) is 2.74. The summed E-state index contributed by atoms with van der Waals surface area (Å²) in [7, 11) is 0. The van der Waals surface area contributed by atoms with Crippen LogP contribution in [0.3, 0.4) is 0 Å². The molecule has 10 heteroatoms. The Morgan fingerprint density at radius 1 is 1.19 bits per heavy atom. The molecule has 1 aliphatic rings. The highest BCUT2D eigenvalue weighted by atomic mass is 19.3. The minimum absolute atomic E-state index is 0.173. The molecule has 1 fully saturated rings. The Morgan fingerprint density at radius 3 is 2.54 bits per heavy atom. The number of benzene rings is 1. The summed E-state index contributed by atoms with van der Waals surface area (Å²) < 4.78 is 42.3. The van der Waals surface area contributed by atoms with E-state index in [1.165, 1.54) is 12.3 Å². The number of rotatable bonds is 5. The normalized spacial score (nSPS) is 19.1. The van der Waals surface area contributed by atoms with Gasteiger partial charge >= 0.3 is 12.7 Å². The van der Waals surface area contributed by atoms with Crippen molar-refractivity contribution in [1.82, 2.24) is 15.6 Å². The number of carbonyl (C=O) groups is 2. The molecule has 0 saturated heterocycles. The van der Waals surface area contributed by atoms with E-state index >= 15 is 0 Å². The number of carboxylic acid groups (broad SMARTS) is 1. The van der Waals surface area contributed by atoms with Crippen molar-refractivity contribution >= 4 is 22.9 Å². The molecule has 1 saturated carbocycles. The molecule has 0 spiro atoms. The first-order valence-electron chi connectivity index (χ1n) is 7.66. The summed E-state index contributed by atoms with van der Waals surface area (Å²) in [6, 6.07) is 3.02. The molecule has 0 unspecified atom stereocenters. The van der Waals surface area contributed by atoms with Gasteiger partial charge in [-0.1, -0.05) is 0 Å². The van der Waals surface area contributed by atoms with Crippen molar-refractivity contribution in [3.05, 3.63) is 35.8 Å². The molecule has 3 rings (SSSR count). The summed E-state index contributed by atoms with van der Waals surface area (Å²) in [5.41, 5.74) is 0.377. The lowest BCUT2D eigenvalue weighted by atomic mass is 9.86. The van der Waals surface area contributed by atoms with E-state index in [1.807, 2.05) is 0 Å². The van der Waals surface area contributed by atoms with Crippen LogP contribution in [0, 0.1) is 5.82 Å². The van der Waals surface area contributed by atoms with Crippen molar-refractivity contribution in [3.63, 3.8) is 0 Å². The van der Waals surface area contributed by atoms with Gasteiger partial charge in [-0.15, -0.1) is 0 Å². The number of amides is 2. The molecule has 7 nitrogen and oxygen atoms in total. The molecule has 0 atom stereocenters. The van der Waals surface area contributed by atoms with Gasteiger partial charge in [0.05, 0.1) is 11.1 Å². The minimum atomic E-state index is -3.16. The largest absolute Gasteiger partial charge is 0.465 e. The molecule has 0 aliphatic heterocycles. The molecule has 26 heavy (non-hydrogen) atoms. The third-order valence-electron chi connectivity index (χ3n) is 4.01. The summed E-state index contributed by atoms with van der Waals surface area (Å²) in [5.74, 6) is -2.05. The van der Waals surface area contributed by atoms with Crippen LogP contribution in [0.25, 0.3) is 10.9 Å². The van der Waals surface area contributed by atoms with Crippen LogP contribution in [-0.4, -0.2) is 40.8 Å². The van der Waals surface area contributed by atoms with Crippen LogP contribution in [0.4, 0.5) is 18.0 Å². The summed E-state index contributed by atoms with van der Waals surface area (Å²) in [5, 5.41) is 13.9. The van der Waals surface area contributed by atoms with Gasteiger partial charge in [-0.2, -0.15) is 8.78 Å². The van der Waals surface area contributed by atoms with Gasteiger partial charge in [-0.25, -0.2) is 9.18 Å². The second-order valence-electron chi connectivity index (χ2n) is 5.87. The van der Waals surface area contributed by atoms with Crippen LogP contribution in [0.15, 0.2) is 24.4 Å². The SMILES string of the molecule is O=C(O)N[C@H]1C[C@H](NC(=O)c2cnc3cc(OC(F)F)c(F)cc3c2)C1. The van der Waals surface area contributed by atoms with E-state index in [0.29, 0.717) is 12.8 Å². The van der Waals surface area contributed by atoms with E-state index in [0.717, 1.165) is 12.1 Å². The zero-order valence-corrected chi connectivity index (χ0v) is 13.2. The molecule has 3 N–H and O–H groups in total. The topological polar surface area (TPSA) is 101 Å². The van der Waals surface area contributed by atoms with Gasteiger partial charge in [0.25, 0.3) is 5.91 Å². The predicted octanol–water partition coefficient (Wildman–Crippen LogP) is 2.50. The number of hydrogen-bond acceptors (Lipinski definition) is 4. The number of pyridine rings is 1. The molecule has 0 radical (unpaired) electrons. The fraction of sp³-hybridized carbons (Fsp3) is 0.312. The van der Waals surface area contributed by atoms with Crippen molar-refractivity contribution in [2.75, 3.05) is 0 Å². The number of ether oxygens (including phenoxy) is 1. The standard InChI is InChI=1S/C16H14F3N3O4/c17-11-2-7-1-8(6-20-12(7)5-13(11)26-15(18)19)14(23)21-9-3-10(4-9)22-16(24)25/h1-2,5-6,9-10,15,22H,3-4H2,(H,21,23)(H,24,25)/t9-,10-. The number of nitrogens with zero attached hydrogens (tertiary/aromatic N) is 1. The zero-order chi connectivity index (χ0) is 18.8. The quantitative estimate of drug-likeness (QED) is 0.752. The number of alkyl halides is 2. The highest BCUT2D eigenvalue weighted by Crippen LogP contribution is 2.26. The van der Waals surface area contributed by atoms with Crippen LogP contribution in [0.5, 0.6) is 5.75 Å². The molecule has 1 aliphatic carbocycles. The van der Waals surface area contributed by atoms with Gasteiger partial charge < -0.3 is 20.5 Å². The Balaban J connectivity index is 1.69. The van der Waals surface area contributed by atoms with E-state index in [-0.39, 0.29) is 28.6 Å². The van der Waals surface area contributed by atoms with Crippen LogP contribution in [0.1, 0.15) is 23.2 Å². The Kier molecular flexibility index (Phi) is 4.83. The monoisotopic (exact) mass is 369 g/mol. The van der Waals surface area contributed by atoms with Crippen molar-refractivity contribution in [2.24, 2.45) is 0 Å². The lowest BCUT2D eigenvalue weighted by Gasteiger charge is -2.35. The molecule has 2 amide bonds. The Hall–Kier alpha value is -3.04. The number of hydrogen-bond donors (Lipinski definition) is 3. The van der Waals surface area contributed by atoms with Gasteiger partial charge in [0.15, 0.2) is 11.6 Å². The summed E-state index contributed by atoms with van der Waals surface area (Å²) in [4.78, 5) is 26.7. The maximum atomic E-state index is 13.8. The highest BCUT2D eigenvalue weighted by molar-refractivity contribution is 5.97. The Labute approximate surface area is 145 Å². The van der Waals surface area contributed by atoms with Crippen LogP contribution >= 0.6 is 0 Å². The number of aromatic nitrogens is 1. The van der Waals surface area contributed by atoms with Gasteiger partial charge in [0.1, 0.15) is 0 Å². The second kappa shape index (κ2) is 7.06. The first-order valence-corrected chi connectivity index (χ1v) is 7.66.